The van der Waals surface area contributed by atoms with Crippen molar-refractivity contribution in [2.75, 3.05) is 36.5 Å². The van der Waals surface area contributed by atoms with Gasteiger partial charge < -0.3 is 19.5 Å². The molecule has 1 N–H and O–H groups in total. The van der Waals surface area contributed by atoms with Crippen molar-refractivity contribution in [2.24, 2.45) is 0 Å². The second-order valence-corrected chi connectivity index (χ2v) is 7.78. The van der Waals surface area contributed by atoms with Gasteiger partial charge in [-0.2, -0.15) is 4.98 Å². The minimum absolute atomic E-state index is 0.425. The zero-order valence-corrected chi connectivity index (χ0v) is 17.4. The van der Waals surface area contributed by atoms with Crippen LogP contribution in [0.4, 0.5) is 11.4 Å². The standard InChI is InChI=1S/C22H25ClN4O2/c1-15(2)16-6-8-17(9-7-16)22-25-20(29-26-22)14-24-19-5-3-4-18(23)21(19)27-10-12-28-13-11-27/h3-9,15,24H,10-14H2,1-2H3. The summed E-state index contributed by atoms with van der Waals surface area (Å²) in [6.07, 6.45) is 0. The first-order valence-corrected chi connectivity index (χ1v) is 10.3. The number of halogens is 1. The van der Waals surface area contributed by atoms with E-state index >= 15 is 0 Å². The number of para-hydroxylation sites is 1. The van der Waals surface area contributed by atoms with Crippen LogP contribution in [0, 0.1) is 0 Å². The predicted octanol–water partition coefficient (Wildman–Crippen LogP) is 4.96. The molecule has 2 heterocycles. The van der Waals surface area contributed by atoms with E-state index in [2.05, 4.69) is 46.3 Å². The molecule has 6 nitrogen and oxygen atoms in total. The molecule has 0 unspecified atom stereocenters. The fourth-order valence-corrected chi connectivity index (χ4v) is 3.69. The Morgan fingerprint density at radius 1 is 1.10 bits per heavy atom. The Kier molecular flexibility index (Phi) is 6.02. The van der Waals surface area contributed by atoms with Crippen molar-refractivity contribution in [3.05, 3.63) is 58.9 Å². The van der Waals surface area contributed by atoms with Crippen LogP contribution in [0.2, 0.25) is 5.02 Å². The van der Waals surface area contributed by atoms with Gasteiger partial charge in [0, 0.05) is 18.7 Å². The summed E-state index contributed by atoms with van der Waals surface area (Å²) in [4.78, 5) is 6.77. The van der Waals surface area contributed by atoms with E-state index in [0.717, 1.165) is 30.0 Å². The zero-order valence-electron chi connectivity index (χ0n) is 16.7. The van der Waals surface area contributed by atoms with Gasteiger partial charge in [-0.1, -0.05) is 60.9 Å². The number of rotatable bonds is 6. The molecule has 29 heavy (non-hydrogen) atoms. The van der Waals surface area contributed by atoms with Gasteiger partial charge in [0.25, 0.3) is 0 Å². The lowest BCUT2D eigenvalue weighted by Crippen LogP contribution is -2.36. The number of nitrogens with zero attached hydrogens (tertiary/aromatic N) is 3. The molecule has 0 atom stereocenters. The highest BCUT2D eigenvalue weighted by atomic mass is 35.5. The fourth-order valence-electron chi connectivity index (χ4n) is 3.40. The van der Waals surface area contributed by atoms with Crippen molar-refractivity contribution in [3.8, 4) is 11.4 Å². The van der Waals surface area contributed by atoms with Crippen LogP contribution >= 0.6 is 11.6 Å². The van der Waals surface area contributed by atoms with Crippen molar-refractivity contribution in [1.29, 1.82) is 0 Å². The maximum absolute atomic E-state index is 6.49. The minimum Gasteiger partial charge on any atom is -0.378 e. The number of benzene rings is 2. The molecule has 1 fully saturated rings. The van der Waals surface area contributed by atoms with Crippen molar-refractivity contribution in [3.63, 3.8) is 0 Å². The summed E-state index contributed by atoms with van der Waals surface area (Å²) in [6, 6.07) is 14.1. The average Bonchev–Trinajstić information content (AvgIpc) is 3.22. The summed E-state index contributed by atoms with van der Waals surface area (Å²) >= 11 is 6.49. The third kappa shape index (κ3) is 4.54. The van der Waals surface area contributed by atoms with Gasteiger partial charge in [-0.15, -0.1) is 0 Å². The van der Waals surface area contributed by atoms with Crippen LogP contribution in [0.15, 0.2) is 47.0 Å². The van der Waals surface area contributed by atoms with Gasteiger partial charge in [0.1, 0.15) is 0 Å². The molecule has 1 aliphatic heterocycles. The van der Waals surface area contributed by atoms with Gasteiger partial charge in [0.15, 0.2) is 0 Å². The van der Waals surface area contributed by atoms with E-state index in [1.54, 1.807) is 0 Å². The average molecular weight is 413 g/mol. The van der Waals surface area contributed by atoms with Crippen LogP contribution in [-0.2, 0) is 11.3 Å². The molecule has 0 bridgehead atoms. The number of ether oxygens (including phenoxy) is 1. The Labute approximate surface area is 175 Å². The van der Waals surface area contributed by atoms with Crippen molar-refractivity contribution in [1.82, 2.24) is 10.1 Å². The van der Waals surface area contributed by atoms with Gasteiger partial charge in [-0.25, -0.2) is 0 Å². The summed E-state index contributed by atoms with van der Waals surface area (Å²) in [7, 11) is 0. The van der Waals surface area contributed by atoms with E-state index in [-0.39, 0.29) is 0 Å². The maximum Gasteiger partial charge on any atom is 0.246 e. The lowest BCUT2D eigenvalue weighted by Gasteiger charge is -2.31. The van der Waals surface area contributed by atoms with E-state index in [1.165, 1.54) is 5.56 Å². The van der Waals surface area contributed by atoms with Crippen molar-refractivity contribution >= 4 is 23.0 Å². The van der Waals surface area contributed by atoms with E-state index in [1.807, 2.05) is 30.3 Å². The molecule has 1 aromatic heterocycles. The van der Waals surface area contributed by atoms with Crippen LogP contribution in [0.25, 0.3) is 11.4 Å². The van der Waals surface area contributed by atoms with Crippen LogP contribution in [0.5, 0.6) is 0 Å². The normalized spacial score (nSPS) is 14.4. The molecule has 0 radical (unpaired) electrons. The zero-order chi connectivity index (χ0) is 20.2. The summed E-state index contributed by atoms with van der Waals surface area (Å²) < 4.78 is 10.9. The first-order chi connectivity index (χ1) is 14.1. The highest BCUT2D eigenvalue weighted by Crippen LogP contribution is 2.34. The SMILES string of the molecule is CC(C)c1ccc(-c2noc(CNc3cccc(Cl)c3N3CCOCC3)n2)cc1. The predicted molar refractivity (Wildman–Crippen MR) is 116 cm³/mol. The number of morpholine rings is 1. The summed E-state index contributed by atoms with van der Waals surface area (Å²) in [5, 5.41) is 8.23. The Hall–Kier alpha value is -2.57. The molecule has 7 heteroatoms. The number of nitrogens with one attached hydrogen (secondary N) is 1. The molecule has 0 saturated carbocycles. The Morgan fingerprint density at radius 2 is 1.86 bits per heavy atom. The summed E-state index contributed by atoms with van der Waals surface area (Å²) in [6.45, 7) is 7.81. The third-order valence-corrected chi connectivity index (χ3v) is 5.35. The van der Waals surface area contributed by atoms with Crippen LogP contribution in [0.1, 0.15) is 31.2 Å². The minimum atomic E-state index is 0.425. The van der Waals surface area contributed by atoms with Gasteiger partial charge in [-0.05, 0) is 23.6 Å². The van der Waals surface area contributed by atoms with Crippen LogP contribution in [-0.4, -0.2) is 36.4 Å². The topological polar surface area (TPSA) is 63.4 Å². The van der Waals surface area contributed by atoms with E-state index < -0.39 is 0 Å². The second-order valence-electron chi connectivity index (χ2n) is 7.38. The molecule has 0 aliphatic carbocycles. The van der Waals surface area contributed by atoms with Gasteiger partial charge >= 0.3 is 0 Å². The number of anilines is 2. The number of hydrogen-bond acceptors (Lipinski definition) is 6. The molecule has 1 aliphatic rings. The smallest absolute Gasteiger partial charge is 0.246 e. The highest BCUT2D eigenvalue weighted by Gasteiger charge is 2.18. The van der Waals surface area contributed by atoms with Gasteiger partial charge in [0.05, 0.1) is 36.2 Å². The third-order valence-electron chi connectivity index (χ3n) is 5.05. The highest BCUT2D eigenvalue weighted by molar-refractivity contribution is 6.34. The van der Waals surface area contributed by atoms with Gasteiger partial charge in [0.2, 0.25) is 11.7 Å². The Morgan fingerprint density at radius 3 is 2.59 bits per heavy atom. The maximum atomic E-state index is 6.49. The molecule has 0 spiro atoms. The van der Waals surface area contributed by atoms with Gasteiger partial charge in [-0.3, -0.25) is 0 Å². The quantitative estimate of drug-likeness (QED) is 0.617. The number of hydrogen-bond donors (Lipinski definition) is 1. The second kappa shape index (κ2) is 8.84. The van der Waals surface area contributed by atoms with Crippen molar-refractivity contribution in [2.45, 2.75) is 26.3 Å². The Bertz CT molecular complexity index is 950. The monoisotopic (exact) mass is 412 g/mol. The van der Waals surface area contributed by atoms with E-state index in [0.29, 0.717) is 42.4 Å². The number of aromatic nitrogens is 2. The largest absolute Gasteiger partial charge is 0.378 e. The van der Waals surface area contributed by atoms with E-state index in [9.17, 15) is 0 Å². The molecule has 3 aromatic rings. The molecule has 2 aromatic carbocycles. The lowest BCUT2D eigenvalue weighted by molar-refractivity contribution is 0.123. The molecule has 1 saturated heterocycles. The lowest BCUT2D eigenvalue weighted by atomic mass is 10.0. The summed E-state index contributed by atoms with van der Waals surface area (Å²) in [5.74, 6) is 1.62. The summed E-state index contributed by atoms with van der Waals surface area (Å²) in [5.41, 5.74) is 4.17. The van der Waals surface area contributed by atoms with Crippen molar-refractivity contribution < 1.29 is 9.26 Å². The Balaban J connectivity index is 1.47. The molecular weight excluding hydrogens is 388 g/mol. The molecule has 0 amide bonds. The fraction of sp³-hybridized carbons (Fsp3) is 0.364. The first kappa shape index (κ1) is 19.7. The van der Waals surface area contributed by atoms with Crippen LogP contribution < -0.4 is 10.2 Å². The first-order valence-electron chi connectivity index (χ1n) is 9.90. The van der Waals surface area contributed by atoms with Crippen LogP contribution in [0.3, 0.4) is 0 Å². The molecule has 4 rings (SSSR count). The molecular formula is C22H25ClN4O2. The van der Waals surface area contributed by atoms with E-state index in [4.69, 9.17) is 20.9 Å². The molecule has 152 valence electrons.